The van der Waals surface area contributed by atoms with E-state index in [0.29, 0.717) is 17.7 Å². The Balaban J connectivity index is 1.70. The highest BCUT2D eigenvalue weighted by atomic mass is 16.2. The van der Waals surface area contributed by atoms with Crippen molar-refractivity contribution in [3.8, 4) is 0 Å². The number of nitrogens with zero attached hydrogens (tertiary/aromatic N) is 3. The maximum absolute atomic E-state index is 12.4. The second-order valence-electron chi connectivity index (χ2n) is 5.39. The summed E-state index contributed by atoms with van der Waals surface area (Å²) in [4.78, 5) is 22.9. The number of carbonyl (C=O) groups is 1. The van der Waals surface area contributed by atoms with Gasteiger partial charge >= 0.3 is 0 Å². The summed E-state index contributed by atoms with van der Waals surface area (Å²) in [6.45, 7) is 1.71. The minimum atomic E-state index is 0.0446. The van der Waals surface area contributed by atoms with Gasteiger partial charge < -0.3 is 10.2 Å². The summed E-state index contributed by atoms with van der Waals surface area (Å²) in [5.74, 6) is 0.631. The molecule has 102 valence electrons. The van der Waals surface area contributed by atoms with E-state index in [1.165, 1.54) is 25.7 Å². The predicted octanol–water partition coefficient (Wildman–Crippen LogP) is 2.07. The van der Waals surface area contributed by atoms with E-state index < -0.39 is 0 Å². The number of aromatic nitrogens is 2. The van der Waals surface area contributed by atoms with Gasteiger partial charge in [0.15, 0.2) is 0 Å². The van der Waals surface area contributed by atoms with Crippen LogP contribution in [0.2, 0.25) is 0 Å². The summed E-state index contributed by atoms with van der Waals surface area (Å²) >= 11 is 0. The molecule has 5 nitrogen and oxygen atoms in total. The minimum absolute atomic E-state index is 0.0446. The Bertz CT molecular complexity index is 451. The van der Waals surface area contributed by atoms with Gasteiger partial charge in [-0.2, -0.15) is 0 Å². The lowest BCUT2D eigenvalue weighted by atomic mass is 10.2. The van der Waals surface area contributed by atoms with Crippen LogP contribution in [0.1, 0.15) is 49.0 Å². The lowest BCUT2D eigenvalue weighted by molar-refractivity contribution is 0.0755. The zero-order valence-electron chi connectivity index (χ0n) is 11.1. The molecule has 2 fully saturated rings. The topological polar surface area (TPSA) is 58.1 Å². The van der Waals surface area contributed by atoms with Gasteiger partial charge in [0.05, 0.1) is 0 Å². The molecular formula is C14H20N4O. The highest BCUT2D eigenvalue weighted by Crippen LogP contribution is 2.22. The first-order valence-electron chi connectivity index (χ1n) is 7.22. The van der Waals surface area contributed by atoms with Crippen LogP contribution in [0.25, 0.3) is 0 Å². The normalized spacial score (nSPS) is 19.9. The molecule has 0 atom stereocenters. The van der Waals surface area contributed by atoms with E-state index in [-0.39, 0.29) is 5.91 Å². The van der Waals surface area contributed by atoms with Crippen LogP contribution in [0.4, 0.5) is 5.95 Å². The maximum Gasteiger partial charge on any atom is 0.272 e. The van der Waals surface area contributed by atoms with E-state index in [0.717, 1.165) is 25.9 Å². The molecule has 1 saturated carbocycles. The van der Waals surface area contributed by atoms with Crippen molar-refractivity contribution in [3.63, 3.8) is 0 Å². The van der Waals surface area contributed by atoms with Gasteiger partial charge in [-0.3, -0.25) is 4.79 Å². The van der Waals surface area contributed by atoms with Gasteiger partial charge in [0, 0.05) is 25.3 Å². The first-order chi connectivity index (χ1) is 9.33. The first-order valence-corrected chi connectivity index (χ1v) is 7.22. The monoisotopic (exact) mass is 260 g/mol. The molecule has 1 aromatic heterocycles. The number of hydrogen-bond acceptors (Lipinski definition) is 4. The van der Waals surface area contributed by atoms with Crippen molar-refractivity contribution in [1.82, 2.24) is 14.9 Å². The Hall–Kier alpha value is -1.65. The molecule has 3 rings (SSSR count). The number of anilines is 1. The minimum Gasteiger partial charge on any atom is -0.351 e. The molecule has 0 spiro atoms. The Labute approximate surface area is 113 Å². The van der Waals surface area contributed by atoms with Gasteiger partial charge in [-0.05, 0) is 31.7 Å². The third-order valence-corrected chi connectivity index (χ3v) is 3.68. The predicted molar refractivity (Wildman–Crippen MR) is 73.0 cm³/mol. The average Bonchev–Trinajstić information content (AvgIpc) is 3.24. The van der Waals surface area contributed by atoms with Crippen molar-refractivity contribution in [2.75, 3.05) is 18.4 Å². The molecule has 1 aromatic rings. The molecule has 0 radical (unpaired) electrons. The van der Waals surface area contributed by atoms with E-state index in [9.17, 15) is 4.79 Å². The highest BCUT2D eigenvalue weighted by molar-refractivity contribution is 5.92. The Kier molecular flexibility index (Phi) is 3.62. The van der Waals surface area contributed by atoms with Crippen molar-refractivity contribution in [2.24, 2.45) is 0 Å². The third kappa shape index (κ3) is 3.22. The smallest absolute Gasteiger partial charge is 0.272 e. The number of amides is 1. The zero-order chi connectivity index (χ0) is 13.1. The molecule has 0 bridgehead atoms. The van der Waals surface area contributed by atoms with Gasteiger partial charge in [-0.15, -0.1) is 0 Å². The van der Waals surface area contributed by atoms with Crippen LogP contribution in [-0.4, -0.2) is 39.9 Å². The van der Waals surface area contributed by atoms with Crippen LogP contribution in [0.15, 0.2) is 12.3 Å². The molecule has 0 aromatic carbocycles. The van der Waals surface area contributed by atoms with Gasteiger partial charge in [-0.25, -0.2) is 9.97 Å². The quantitative estimate of drug-likeness (QED) is 0.904. The lowest BCUT2D eigenvalue weighted by Gasteiger charge is -2.19. The van der Waals surface area contributed by atoms with Crippen LogP contribution < -0.4 is 5.32 Å². The second-order valence-corrected chi connectivity index (χ2v) is 5.39. The van der Waals surface area contributed by atoms with Crippen molar-refractivity contribution in [1.29, 1.82) is 0 Å². The van der Waals surface area contributed by atoms with Crippen molar-refractivity contribution in [2.45, 2.75) is 44.6 Å². The van der Waals surface area contributed by atoms with E-state index >= 15 is 0 Å². The fourth-order valence-electron chi connectivity index (χ4n) is 2.39. The Morgan fingerprint density at radius 2 is 1.95 bits per heavy atom. The van der Waals surface area contributed by atoms with Crippen molar-refractivity contribution < 1.29 is 4.79 Å². The number of rotatable bonds is 3. The number of likely N-dealkylation sites (tertiary alicyclic amines) is 1. The van der Waals surface area contributed by atoms with Crippen LogP contribution in [-0.2, 0) is 0 Å². The Morgan fingerprint density at radius 1 is 1.21 bits per heavy atom. The van der Waals surface area contributed by atoms with Crippen LogP contribution in [0.5, 0.6) is 0 Å². The fraction of sp³-hybridized carbons (Fsp3) is 0.643. The number of nitrogens with one attached hydrogen (secondary N) is 1. The van der Waals surface area contributed by atoms with Gasteiger partial charge in [0.25, 0.3) is 5.91 Å². The lowest BCUT2D eigenvalue weighted by Crippen LogP contribution is -2.32. The average molecular weight is 260 g/mol. The van der Waals surface area contributed by atoms with Crippen LogP contribution >= 0.6 is 0 Å². The molecule has 1 aliphatic carbocycles. The largest absolute Gasteiger partial charge is 0.351 e. The van der Waals surface area contributed by atoms with Crippen molar-refractivity contribution in [3.05, 3.63) is 18.0 Å². The summed E-state index contributed by atoms with van der Waals surface area (Å²) in [6, 6.07) is 2.22. The Morgan fingerprint density at radius 3 is 2.63 bits per heavy atom. The molecule has 0 unspecified atom stereocenters. The van der Waals surface area contributed by atoms with Gasteiger partial charge in [0.1, 0.15) is 5.69 Å². The van der Waals surface area contributed by atoms with E-state index in [4.69, 9.17) is 0 Å². The molecule has 2 aliphatic rings. The fourth-order valence-corrected chi connectivity index (χ4v) is 2.39. The van der Waals surface area contributed by atoms with E-state index in [1.54, 1.807) is 12.3 Å². The summed E-state index contributed by atoms with van der Waals surface area (Å²) in [7, 11) is 0. The molecule has 5 heteroatoms. The number of carbonyl (C=O) groups excluding carboxylic acids is 1. The van der Waals surface area contributed by atoms with E-state index in [1.807, 2.05) is 4.90 Å². The summed E-state index contributed by atoms with van der Waals surface area (Å²) < 4.78 is 0. The summed E-state index contributed by atoms with van der Waals surface area (Å²) in [5, 5.41) is 3.23. The maximum atomic E-state index is 12.4. The highest BCUT2D eigenvalue weighted by Gasteiger charge is 2.23. The summed E-state index contributed by atoms with van der Waals surface area (Å²) in [6.07, 6.45) is 8.67. The molecule has 1 aliphatic heterocycles. The van der Waals surface area contributed by atoms with Crippen LogP contribution in [0.3, 0.4) is 0 Å². The summed E-state index contributed by atoms with van der Waals surface area (Å²) in [5.41, 5.74) is 0.514. The molecule has 1 N–H and O–H groups in total. The second kappa shape index (κ2) is 5.55. The molecule has 1 amide bonds. The van der Waals surface area contributed by atoms with E-state index in [2.05, 4.69) is 15.3 Å². The molecule has 1 saturated heterocycles. The SMILES string of the molecule is O=C(c1ccnc(NC2CC2)n1)N1CCCCCC1. The van der Waals surface area contributed by atoms with Gasteiger partial charge in [0.2, 0.25) is 5.95 Å². The third-order valence-electron chi connectivity index (χ3n) is 3.68. The standard InChI is InChI=1S/C14H20N4O/c19-13(18-9-3-1-2-4-10-18)12-7-8-15-14(17-12)16-11-5-6-11/h7-8,11H,1-6,9-10H2,(H,15,16,17). The van der Waals surface area contributed by atoms with Crippen LogP contribution in [0, 0.1) is 0 Å². The zero-order valence-corrected chi connectivity index (χ0v) is 11.1. The van der Waals surface area contributed by atoms with Crippen molar-refractivity contribution >= 4 is 11.9 Å². The molecule has 2 heterocycles. The first kappa shape index (κ1) is 12.4. The number of hydrogen-bond donors (Lipinski definition) is 1. The van der Waals surface area contributed by atoms with Gasteiger partial charge in [-0.1, -0.05) is 12.8 Å². The molecular weight excluding hydrogens is 240 g/mol. The molecule has 19 heavy (non-hydrogen) atoms.